The maximum absolute atomic E-state index is 12.4. The molecule has 0 bridgehead atoms. The Labute approximate surface area is 185 Å². The van der Waals surface area contributed by atoms with Gasteiger partial charge in [-0.25, -0.2) is 0 Å². The van der Waals surface area contributed by atoms with Gasteiger partial charge in [-0.05, 0) is 35.7 Å². The van der Waals surface area contributed by atoms with Crippen molar-refractivity contribution in [2.24, 2.45) is 0 Å². The van der Waals surface area contributed by atoms with Crippen molar-refractivity contribution in [1.82, 2.24) is 25.1 Å². The number of thioether (sulfide) groups is 1. The molecule has 0 atom stereocenters. The highest BCUT2D eigenvalue weighted by Crippen LogP contribution is 2.29. The number of benzene rings is 2. The van der Waals surface area contributed by atoms with Gasteiger partial charge in [0.1, 0.15) is 0 Å². The summed E-state index contributed by atoms with van der Waals surface area (Å²) in [4.78, 5) is 16.7. The van der Waals surface area contributed by atoms with Crippen LogP contribution >= 0.6 is 11.8 Å². The van der Waals surface area contributed by atoms with E-state index in [0.29, 0.717) is 17.5 Å². The first-order valence-corrected chi connectivity index (χ1v) is 11.1. The third-order valence-corrected chi connectivity index (χ3v) is 5.76. The van der Waals surface area contributed by atoms with Crippen LogP contribution in [0.1, 0.15) is 18.1 Å². The van der Waals surface area contributed by atoms with Crippen molar-refractivity contribution < 1.29 is 4.79 Å². The van der Waals surface area contributed by atoms with Crippen LogP contribution in [0.15, 0.2) is 84.3 Å². The molecule has 1 amide bonds. The van der Waals surface area contributed by atoms with E-state index in [9.17, 15) is 4.79 Å². The summed E-state index contributed by atoms with van der Waals surface area (Å²) in [7, 11) is 0. The minimum atomic E-state index is -0.0462. The molecule has 1 N–H and O–H groups in total. The van der Waals surface area contributed by atoms with Crippen molar-refractivity contribution in [3.05, 3.63) is 90.3 Å². The summed E-state index contributed by atoms with van der Waals surface area (Å²) < 4.78 is 2.02. The van der Waals surface area contributed by atoms with Gasteiger partial charge in [0.2, 0.25) is 5.91 Å². The molecule has 0 radical (unpaired) electrons. The quantitative estimate of drug-likeness (QED) is 0.423. The van der Waals surface area contributed by atoms with Gasteiger partial charge in [-0.3, -0.25) is 14.3 Å². The van der Waals surface area contributed by atoms with Crippen LogP contribution in [0.2, 0.25) is 0 Å². The number of nitrogens with one attached hydrogen (secondary N) is 1. The molecule has 0 spiro atoms. The fourth-order valence-electron chi connectivity index (χ4n) is 3.27. The second kappa shape index (κ2) is 10.0. The highest BCUT2D eigenvalue weighted by Gasteiger charge is 2.19. The highest BCUT2D eigenvalue weighted by molar-refractivity contribution is 7.99. The average Bonchev–Trinajstić information content (AvgIpc) is 3.26. The highest BCUT2D eigenvalue weighted by atomic mass is 32.2. The average molecular weight is 430 g/mol. The van der Waals surface area contributed by atoms with Crippen molar-refractivity contribution in [1.29, 1.82) is 0 Å². The number of rotatable bonds is 8. The molecule has 31 heavy (non-hydrogen) atoms. The molecule has 156 valence electrons. The number of pyridine rings is 1. The topological polar surface area (TPSA) is 72.7 Å². The second-order valence-electron chi connectivity index (χ2n) is 6.92. The van der Waals surface area contributed by atoms with E-state index < -0.39 is 0 Å². The first-order valence-electron chi connectivity index (χ1n) is 10.1. The van der Waals surface area contributed by atoms with Crippen molar-refractivity contribution in [2.45, 2.75) is 25.0 Å². The molecule has 7 heteroatoms. The number of carbonyl (C=O) groups excluding carboxylic acids is 1. The van der Waals surface area contributed by atoms with Gasteiger partial charge >= 0.3 is 0 Å². The van der Waals surface area contributed by atoms with Gasteiger partial charge in [0.25, 0.3) is 0 Å². The molecule has 0 saturated heterocycles. The monoisotopic (exact) mass is 429 g/mol. The summed E-state index contributed by atoms with van der Waals surface area (Å²) in [6.07, 6.45) is 4.38. The van der Waals surface area contributed by atoms with Gasteiger partial charge in [0.15, 0.2) is 11.0 Å². The summed E-state index contributed by atoms with van der Waals surface area (Å²) in [5.41, 5.74) is 4.14. The minimum Gasteiger partial charge on any atom is -0.351 e. The van der Waals surface area contributed by atoms with Crippen LogP contribution in [0, 0.1) is 0 Å². The third kappa shape index (κ3) is 5.00. The van der Waals surface area contributed by atoms with Crippen LogP contribution in [0.25, 0.3) is 17.1 Å². The van der Waals surface area contributed by atoms with Crippen molar-refractivity contribution in [3.63, 3.8) is 0 Å². The Balaban J connectivity index is 1.57. The molecule has 4 rings (SSSR count). The normalized spacial score (nSPS) is 10.7. The molecule has 2 aromatic heterocycles. The van der Waals surface area contributed by atoms with Crippen LogP contribution in [0.3, 0.4) is 0 Å². The number of nitrogens with zero attached hydrogens (tertiary/aromatic N) is 4. The van der Waals surface area contributed by atoms with Crippen LogP contribution in [-0.4, -0.2) is 31.4 Å². The Bertz CT molecular complexity index is 1150. The molecule has 4 aromatic rings. The standard InChI is InChI=1S/C24H23N5OS/c1-2-19-11-6-7-13-21(19)29-23(20-12-8-14-25-16-20)27-28-24(29)31-17-22(30)26-15-18-9-4-3-5-10-18/h3-14,16H,2,15,17H2,1H3,(H,26,30). The van der Waals surface area contributed by atoms with Crippen molar-refractivity contribution >= 4 is 17.7 Å². The summed E-state index contributed by atoms with van der Waals surface area (Å²) in [5, 5.41) is 12.5. The Morgan fingerprint density at radius 1 is 1.00 bits per heavy atom. The molecule has 2 heterocycles. The Morgan fingerprint density at radius 3 is 2.58 bits per heavy atom. The van der Waals surface area contributed by atoms with Crippen LogP contribution in [-0.2, 0) is 17.8 Å². The minimum absolute atomic E-state index is 0.0462. The van der Waals surface area contributed by atoms with E-state index in [1.807, 2.05) is 59.2 Å². The van der Waals surface area contributed by atoms with E-state index in [0.717, 1.165) is 23.2 Å². The molecule has 0 unspecified atom stereocenters. The summed E-state index contributed by atoms with van der Waals surface area (Å²) in [6.45, 7) is 2.63. The lowest BCUT2D eigenvalue weighted by atomic mass is 10.1. The van der Waals surface area contributed by atoms with Gasteiger partial charge in [-0.2, -0.15) is 0 Å². The number of aryl methyl sites for hydroxylation is 1. The third-order valence-electron chi connectivity index (χ3n) is 4.83. The van der Waals surface area contributed by atoms with Gasteiger partial charge in [-0.15, -0.1) is 10.2 Å². The zero-order valence-electron chi connectivity index (χ0n) is 17.2. The molecule has 0 fully saturated rings. The van der Waals surface area contributed by atoms with Gasteiger partial charge in [0, 0.05) is 24.5 Å². The predicted octanol–water partition coefficient (Wildman–Crippen LogP) is 4.30. The molecule has 0 saturated carbocycles. The largest absolute Gasteiger partial charge is 0.351 e. The number of aromatic nitrogens is 4. The second-order valence-corrected chi connectivity index (χ2v) is 7.86. The Kier molecular flexibility index (Phi) is 6.74. The van der Waals surface area contributed by atoms with E-state index in [4.69, 9.17) is 0 Å². The molecule has 0 aliphatic carbocycles. The lowest BCUT2D eigenvalue weighted by Crippen LogP contribution is -2.24. The van der Waals surface area contributed by atoms with Gasteiger partial charge < -0.3 is 5.32 Å². The SMILES string of the molecule is CCc1ccccc1-n1c(SCC(=O)NCc2ccccc2)nnc1-c1cccnc1. The number of amides is 1. The van der Waals surface area contributed by atoms with E-state index in [1.54, 1.807) is 12.4 Å². The van der Waals surface area contributed by atoms with Crippen molar-refractivity contribution in [2.75, 3.05) is 5.75 Å². The maximum Gasteiger partial charge on any atom is 0.230 e. The van der Waals surface area contributed by atoms with E-state index in [-0.39, 0.29) is 11.7 Å². The van der Waals surface area contributed by atoms with Crippen LogP contribution in [0.5, 0.6) is 0 Å². The van der Waals surface area contributed by atoms with Gasteiger partial charge in [0.05, 0.1) is 11.4 Å². The molecular weight excluding hydrogens is 406 g/mol. The fourth-order valence-corrected chi connectivity index (χ4v) is 4.04. The van der Waals surface area contributed by atoms with Crippen LogP contribution in [0.4, 0.5) is 0 Å². The molecule has 0 aliphatic heterocycles. The summed E-state index contributed by atoms with van der Waals surface area (Å²) in [5.74, 6) is 0.919. The van der Waals surface area contributed by atoms with E-state index in [2.05, 4.69) is 39.6 Å². The van der Waals surface area contributed by atoms with Crippen LogP contribution < -0.4 is 5.32 Å². The van der Waals surface area contributed by atoms with E-state index >= 15 is 0 Å². The molecule has 2 aromatic carbocycles. The lowest BCUT2D eigenvalue weighted by Gasteiger charge is -2.14. The molecular formula is C24H23N5OS. The Morgan fingerprint density at radius 2 is 1.81 bits per heavy atom. The number of carbonyl (C=O) groups is 1. The summed E-state index contributed by atoms with van der Waals surface area (Å²) in [6, 6.07) is 21.9. The fraction of sp³-hybridized carbons (Fsp3) is 0.167. The van der Waals surface area contributed by atoms with E-state index in [1.165, 1.54) is 17.3 Å². The lowest BCUT2D eigenvalue weighted by molar-refractivity contribution is -0.118. The predicted molar refractivity (Wildman–Crippen MR) is 123 cm³/mol. The number of hydrogen-bond donors (Lipinski definition) is 1. The number of hydrogen-bond acceptors (Lipinski definition) is 5. The van der Waals surface area contributed by atoms with Crippen molar-refractivity contribution in [3.8, 4) is 17.1 Å². The molecule has 6 nitrogen and oxygen atoms in total. The smallest absolute Gasteiger partial charge is 0.230 e. The Hall–Kier alpha value is -3.45. The van der Waals surface area contributed by atoms with Gasteiger partial charge in [-0.1, -0.05) is 67.2 Å². The zero-order valence-corrected chi connectivity index (χ0v) is 18.0. The first-order chi connectivity index (χ1) is 15.3. The first kappa shape index (κ1) is 20.8. The summed E-state index contributed by atoms with van der Waals surface area (Å²) >= 11 is 1.38. The number of para-hydroxylation sites is 1. The maximum atomic E-state index is 12.4. The molecule has 0 aliphatic rings. The zero-order chi connectivity index (χ0) is 21.5.